The summed E-state index contributed by atoms with van der Waals surface area (Å²) >= 11 is 0. The number of aryl methyl sites for hydroxylation is 2. The Morgan fingerprint density at radius 1 is 0.893 bits per heavy atom. The highest BCUT2D eigenvalue weighted by Crippen LogP contribution is 2.21. The van der Waals surface area contributed by atoms with Gasteiger partial charge in [-0.25, -0.2) is 9.59 Å². The maximum atomic E-state index is 11.4. The van der Waals surface area contributed by atoms with Crippen LogP contribution in [0.5, 0.6) is 0 Å². The lowest BCUT2D eigenvalue weighted by molar-refractivity contribution is 0.0511. The predicted molar refractivity (Wildman–Crippen MR) is 108 cm³/mol. The topological polar surface area (TPSA) is 84.2 Å². The van der Waals surface area contributed by atoms with Gasteiger partial charge in [-0.05, 0) is 63.3 Å². The summed E-state index contributed by atoms with van der Waals surface area (Å²) < 4.78 is 9.82. The van der Waals surface area contributed by atoms with E-state index in [1.54, 1.807) is 13.0 Å². The maximum absolute atomic E-state index is 11.4. The Kier molecular flexibility index (Phi) is 6.53. The number of fused-ring (bicyclic) bond motifs is 2. The average molecular weight is 382 g/mol. The molecule has 1 aromatic carbocycles. The van der Waals surface area contributed by atoms with Gasteiger partial charge in [-0.15, -0.1) is 0 Å². The molecule has 2 heterocycles. The van der Waals surface area contributed by atoms with Crippen molar-refractivity contribution in [2.75, 3.05) is 13.2 Å². The van der Waals surface area contributed by atoms with Crippen LogP contribution in [-0.2, 0) is 22.3 Å². The molecule has 0 saturated carbocycles. The highest BCUT2D eigenvalue weighted by molar-refractivity contribution is 5.94. The van der Waals surface area contributed by atoms with Gasteiger partial charge in [0.1, 0.15) is 11.4 Å². The number of ether oxygens (including phenoxy) is 2. The van der Waals surface area contributed by atoms with E-state index in [4.69, 9.17) is 9.47 Å². The molecule has 6 nitrogen and oxygen atoms in total. The van der Waals surface area contributed by atoms with E-state index >= 15 is 0 Å². The van der Waals surface area contributed by atoms with Crippen molar-refractivity contribution < 1.29 is 19.1 Å². The van der Waals surface area contributed by atoms with Crippen molar-refractivity contribution in [3.8, 4) is 0 Å². The second-order valence-electron chi connectivity index (χ2n) is 6.61. The second kappa shape index (κ2) is 9.26. The molecule has 4 rings (SSSR count). The number of aromatic nitrogens is 2. The van der Waals surface area contributed by atoms with E-state index in [2.05, 4.69) is 9.97 Å². The van der Waals surface area contributed by atoms with E-state index < -0.39 is 0 Å². The van der Waals surface area contributed by atoms with Crippen LogP contribution in [0.15, 0.2) is 36.4 Å². The minimum atomic E-state index is -0.302. The van der Waals surface area contributed by atoms with Gasteiger partial charge in [0.15, 0.2) is 0 Å². The first kappa shape index (κ1) is 19.7. The van der Waals surface area contributed by atoms with Gasteiger partial charge in [0, 0.05) is 16.6 Å². The Labute approximate surface area is 164 Å². The summed E-state index contributed by atoms with van der Waals surface area (Å²) in [7, 11) is 0. The van der Waals surface area contributed by atoms with E-state index in [1.807, 2.05) is 37.3 Å². The minimum Gasteiger partial charge on any atom is -0.461 e. The van der Waals surface area contributed by atoms with Crippen LogP contribution in [0.3, 0.4) is 0 Å². The summed E-state index contributed by atoms with van der Waals surface area (Å²) in [5.41, 5.74) is 4.58. The Morgan fingerprint density at radius 3 is 2.18 bits per heavy atom. The van der Waals surface area contributed by atoms with Crippen LogP contribution >= 0.6 is 0 Å². The number of esters is 2. The fraction of sp³-hybridized carbons (Fsp3) is 0.364. The van der Waals surface area contributed by atoms with Gasteiger partial charge in [-0.1, -0.05) is 18.2 Å². The molecule has 0 spiro atoms. The Morgan fingerprint density at radius 2 is 1.54 bits per heavy atom. The number of nitrogens with one attached hydrogen (secondary N) is 2. The molecular formula is C22H26N2O4. The summed E-state index contributed by atoms with van der Waals surface area (Å²) in [5, 5.41) is 1.02. The molecule has 0 aliphatic heterocycles. The smallest absolute Gasteiger partial charge is 0.354 e. The highest BCUT2D eigenvalue weighted by atomic mass is 16.5. The molecule has 0 fully saturated rings. The number of rotatable bonds is 4. The number of hydrogen-bond donors (Lipinski definition) is 2. The van der Waals surface area contributed by atoms with Gasteiger partial charge in [0.2, 0.25) is 0 Å². The third kappa shape index (κ3) is 4.63. The second-order valence-corrected chi connectivity index (χ2v) is 6.61. The Hall–Kier alpha value is -3.02. The number of hydrogen-bond acceptors (Lipinski definition) is 4. The van der Waals surface area contributed by atoms with Crippen molar-refractivity contribution >= 4 is 22.8 Å². The average Bonchev–Trinajstić information content (AvgIpc) is 3.33. The first-order chi connectivity index (χ1) is 13.6. The Balaban J connectivity index is 0.000000161. The van der Waals surface area contributed by atoms with Crippen molar-refractivity contribution in [2.45, 2.75) is 39.5 Å². The summed E-state index contributed by atoms with van der Waals surface area (Å²) in [6.45, 7) is 4.44. The molecule has 148 valence electrons. The summed E-state index contributed by atoms with van der Waals surface area (Å²) in [6.07, 6.45) is 4.60. The van der Waals surface area contributed by atoms with E-state index in [0.29, 0.717) is 24.6 Å². The van der Waals surface area contributed by atoms with Crippen LogP contribution < -0.4 is 0 Å². The van der Waals surface area contributed by atoms with Crippen LogP contribution in [0.2, 0.25) is 0 Å². The van der Waals surface area contributed by atoms with Crippen LogP contribution in [0.25, 0.3) is 10.9 Å². The van der Waals surface area contributed by atoms with Crippen molar-refractivity contribution in [1.82, 2.24) is 9.97 Å². The number of aromatic amines is 2. The molecule has 0 saturated heterocycles. The van der Waals surface area contributed by atoms with Gasteiger partial charge in [0.05, 0.1) is 13.2 Å². The van der Waals surface area contributed by atoms with Gasteiger partial charge in [0.25, 0.3) is 0 Å². The maximum Gasteiger partial charge on any atom is 0.354 e. The van der Waals surface area contributed by atoms with Crippen molar-refractivity contribution in [3.05, 3.63) is 59.0 Å². The third-order valence-corrected chi connectivity index (χ3v) is 4.64. The minimum absolute atomic E-state index is 0.234. The zero-order valence-electron chi connectivity index (χ0n) is 16.3. The molecule has 6 heteroatoms. The van der Waals surface area contributed by atoms with Gasteiger partial charge in [-0.2, -0.15) is 0 Å². The molecule has 0 atom stereocenters. The highest BCUT2D eigenvalue weighted by Gasteiger charge is 2.16. The number of carbonyl (C=O) groups excluding carboxylic acids is 2. The molecule has 2 aromatic heterocycles. The van der Waals surface area contributed by atoms with E-state index in [9.17, 15) is 9.59 Å². The van der Waals surface area contributed by atoms with Gasteiger partial charge >= 0.3 is 11.9 Å². The van der Waals surface area contributed by atoms with Crippen LogP contribution in [0.1, 0.15) is 58.9 Å². The Bertz CT molecular complexity index is 898. The molecule has 28 heavy (non-hydrogen) atoms. The number of para-hydroxylation sites is 1. The molecule has 3 aromatic rings. The van der Waals surface area contributed by atoms with E-state index in [0.717, 1.165) is 23.7 Å². The first-order valence-electron chi connectivity index (χ1n) is 9.75. The molecule has 0 bridgehead atoms. The van der Waals surface area contributed by atoms with Crippen LogP contribution in [-0.4, -0.2) is 35.1 Å². The summed E-state index contributed by atoms with van der Waals surface area (Å²) in [4.78, 5) is 28.9. The molecule has 2 N–H and O–H groups in total. The zero-order chi connectivity index (χ0) is 19.9. The van der Waals surface area contributed by atoms with Gasteiger partial charge in [-0.3, -0.25) is 0 Å². The van der Waals surface area contributed by atoms with Crippen molar-refractivity contribution in [1.29, 1.82) is 0 Å². The first-order valence-corrected chi connectivity index (χ1v) is 9.75. The quantitative estimate of drug-likeness (QED) is 0.655. The monoisotopic (exact) mass is 382 g/mol. The predicted octanol–water partition coefficient (Wildman–Crippen LogP) is 4.41. The van der Waals surface area contributed by atoms with E-state index in [1.165, 1.54) is 24.1 Å². The fourth-order valence-electron chi connectivity index (χ4n) is 3.31. The summed E-state index contributed by atoms with van der Waals surface area (Å²) in [5.74, 6) is -0.536. The molecule has 0 amide bonds. The molecule has 1 aliphatic carbocycles. The lowest BCUT2D eigenvalue weighted by Crippen LogP contribution is -2.05. The van der Waals surface area contributed by atoms with Crippen molar-refractivity contribution in [3.63, 3.8) is 0 Å². The third-order valence-electron chi connectivity index (χ3n) is 4.64. The number of benzene rings is 1. The zero-order valence-corrected chi connectivity index (χ0v) is 16.3. The van der Waals surface area contributed by atoms with Crippen molar-refractivity contribution in [2.24, 2.45) is 0 Å². The van der Waals surface area contributed by atoms with Crippen LogP contribution in [0.4, 0.5) is 0 Å². The largest absolute Gasteiger partial charge is 0.461 e. The van der Waals surface area contributed by atoms with Gasteiger partial charge < -0.3 is 19.4 Å². The molecular weight excluding hydrogens is 356 g/mol. The SMILES string of the molecule is CCOC(=O)c1cc2c([nH]1)CCCC2.CCOC(=O)c1cc2ccccc2[nH]1. The molecule has 0 radical (unpaired) electrons. The summed E-state index contributed by atoms with van der Waals surface area (Å²) in [6, 6.07) is 11.5. The molecule has 0 unspecified atom stereocenters. The number of carbonyl (C=O) groups is 2. The lowest BCUT2D eigenvalue weighted by Gasteiger charge is -2.08. The lowest BCUT2D eigenvalue weighted by atomic mass is 9.98. The fourth-order valence-corrected chi connectivity index (χ4v) is 3.31. The standard InChI is InChI=1S/C11H15NO2.C11H11NO2/c2*1-2-14-11(13)10-7-8-5-3-4-6-9(8)12-10/h7,12H,2-6H2,1H3;3-7,12H,2H2,1H3. The normalized spacial score (nSPS) is 12.6. The van der Waals surface area contributed by atoms with E-state index in [-0.39, 0.29) is 11.9 Å². The molecule has 1 aliphatic rings. The number of H-pyrrole nitrogens is 2. The van der Waals surface area contributed by atoms with Crippen LogP contribution in [0, 0.1) is 0 Å².